The van der Waals surface area contributed by atoms with E-state index in [2.05, 4.69) is 51.4 Å². The number of likely N-dealkylation sites (tertiary alicyclic amines) is 1. The summed E-state index contributed by atoms with van der Waals surface area (Å²) in [5.74, 6) is 3.54. The third kappa shape index (κ3) is 5.50. The zero-order valence-electron chi connectivity index (χ0n) is 18.9. The third-order valence-electron chi connectivity index (χ3n) is 5.91. The quantitative estimate of drug-likeness (QED) is 0.528. The lowest BCUT2D eigenvalue weighted by Gasteiger charge is -2.30. The van der Waals surface area contributed by atoms with E-state index in [0.29, 0.717) is 19.1 Å². The van der Waals surface area contributed by atoms with Gasteiger partial charge in [-0.3, -0.25) is 4.90 Å². The fourth-order valence-corrected chi connectivity index (χ4v) is 3.89. The highest BCUT2D eigenvalue weighted by atomic mass is 16.5. The van der Waals surface area contributed by atoms with Gasteiger partial charge in [0.25, 0.3) is 0 Å². The minimum Gasteiger partial charge on any atom is -0.497 e. The molecule has 164 valence electrons. The first-order valence-corrected chi connectivity index (χ1v) is 10.7. The van der Waals surface area contributed by atoms with Crippen LogP contribution in [-0.2, 0) is 20.1 Å². The second-order valence-corrected chi connectivity index (χ2v) is 7.87. The summed E-state index contributed by atoms with van der Waals surface area (Å²) in [4.78, 5) is 9.71. The molecule has 30 heavy (non-hydrogen) atoms. The highest BCUT2D eigenvalue weighted by Crippen LogP contribution is 2.17. The van der Waals surface area contributed by atoms with Crippen molar-refractivity contribution in [3.8, 4) is 5.75 Å². The molecule has 0 bridgehead atoms. The van der Waals surface area contributed by atoms with Gasteiger partial charge < -0.3 is 19.5 Å². The van der Waals surface area contributed by atoms with Gasteiger partial charge in [-0.05, 0) is 50.6 Å². The lowest BCUT2D eigenvalue weighted by atomic mass is 10.2. The molecule has 1 aromatic carbocycles. The highest BCUT2D eigenvalue weighted by molar-refractivity contribution is 5.79. The molecule has 1 fully saturated rings. The predicted octanol–water partition coefficient (Wildman–Crippen LogP) is 2.19. The summed E-state index contributed by atoms with van der Waals surface area (Å²) in [6.07, 6.45) is 2.52. The zero-order chi connectivity index (χ0) is 21.5. The van der Waals surface area contributed by atoms with Crippen molar-refractivity contribution in [3.63, 3.8) is 0 Å². The van der Waals surface area contributed by atoms with Crippen LogP contribution in [0.4, 0.5) is 0 Å². The van der Waals surface area contributed by atoms with Crippen molar-refractivity contribution in [2.24, 2.45) is 12.0 Å². The van der Waals surface area contributed by atoms with Gasteiger partial charge in [-0.25, -0.2) is 4.99 Å². The first-order chi connectivity index (χ1) is 14.5. The first kappa shape index (κ1) is 22.1. The molecule has 0 spiro atoms. The van der Waals surface area contributed by atoms with Gasteiger partial charge in [0, 0.05) is 26.7 Å². The number of rotatable bonds is 8. The molecule has 0 amide bonds. The van der Waals surface area contributed by atoms with E-state index < -0.39 is 0 Å². The average molecular weight is 414 g/mol. The maximum absolute atomic E-state index is 5.25. The van der Waals surface area contributed by atoms with Crippen LogP contribution in [0.1, 0.15) is 37.0 Å². The molecule has 1 atom stereocenters. The standard InChI is InChI=1S/C22H35N7O/c1-6-29-13-7-8-19(29)16-27(3)22(24-15-21-26-25-17(2)28(21)4)23-14-18-9-11-20(30-5)12-10-18/h9-12,19H,6-8,13-16H2,1-5H3,(H,23,24). The Balaban J connectivity index is 1.71. The number of benzene rings is 1. The van der Waals surface area contributed by atoms with Gasteiger partial charge in [0.05, 0.1) is 20.2 Å². The van der Waals surface area contributed by atoms with Crippen LogP contribution in [0.5, 0.6) is 5.75 Å². The number of hydrogen-bond acceptors (Lipinski definition) is 5. The van der Waals surface area contributed by atoms with E-state index >= 15 is 0 Å². The molecule has 0 radical (unpaired) electrons. The average Bonchev–Trinajstić information content (AvgIpc) is 3.34. The van der Waals surface area contributed by atoms with Crippen LogP contribution in [0.25, 0.3) is 0 Å². The highest BCUT2D eigenvalue weighted by Gasteiger charge is 2.25. The Labute approximate surface area is 179 Å². The van der Waals surface area contributed by atoms with E-state index in [1.807, 2.05) is 30.7 Å². The van der Waals surface area contributed by atoms with Gasteiger partial charge in [0.2, 0.25) is 0 Å². The molecule has 1 aliphatic rings. The molecule has 8 heteroatoms. The molecule has 1 unspecified atom stereocenters. The monoisotopic (exact) mass is 413 g/mol. The number of aromatic nitrogens is 3. The molecule has 1 aliphatic heterocycles. The van der Waals surface area contributed by atoms with Crippen molar-refractivity contribution in [1.29, 1.82) is 0 Å². The second kappa shape index (κ2) is 10.4. The number of aliphatic imine (C=N–C) groups is 1. The molecular weight excluding hydrogens is 378 g/mol. The number of hydrogen-bond donors (Lipinski definition) is 1. The van der Waals surface area contributed by atoms with Gasteiger partial charge in [-0.15, -0.1) is 10.2 Å². The minimum atomic E-state index is 0.574. The van der Waals surface area contributed by atoms with Crippen LogP contribution in [0.15, 0.2) is 29.3 Å². The van der Waals surface area contributed by atoms with Crippen LogP contribution in [-0.4, -0.2) is 70.4 Å². The fourth-order valence-electron chi connectivity index (χ4n) is 3.89. The van der Waals surface area contributed by atoms with Crippen molar-refractivity contribution in [2.45, 2.75) is 45.8 Å². The SMILES string of the molecule is CCN1CCCC1CN(C)C(=NCc1ccc(OC)cc1)NCc1nnc(C)n1C. The lowest BCUT2D eigenvalue weighted by molar-refractivity contribution is 0.232. The summed E-state index contributed by atoms with van der Waals surface area (Å²) >= 11 is 0. The Bertz CT molecular complexity index is 831. The number of likely N-dealkylation sites (N-methyl/N-ethyl adjacent to an activating group) is 2. The fraction of sp³-hybridized carbons (Fsp3) is 0.591. The van der Waals surface area contributed by atoms with E-state index in [4.69, 9.17) is 9.73 Å². The van der Waals surface area contributed by atoms with Crippen LogP contribution in [0.2, 0.25) is 0 Å². The number of ether oxygens (including phenoxy) is 1. The van der Waals surface area contributed by atoms with E-state index in [1.165, 1.54) is 19.4 Å². The summed E-state index contributed by atoms with van der Waals surface area (Å²) in [5, 5.41) is 11.9. The van der Waals surface area contributed by atoms with Gasteiger partial charge in [-0.1, -0.05) is 19.1 Å². The Morgan fingerprint density at radius 3 is 2.70 bits per heavy atom. The van der Waals surface area contributed by atoms with Gasteiger partial charge in [0.1, 0.15) is 11.6 Å². The van der Waals surface area contributed by atoms with Crippen LogP contribution in [0, 0.1) is 6.92 Å². The van der Waals surface area contributed by atoms with Crippen molar-refractivity contribution in [1.82, 2.24) is 29.9 Å². The number of nitrogens with one attached hydrogen (secondary N) is 1. The van der Waals surface area contributed by atoms with Crippen molar-refractivity contribution in [3.05, 3.63) is 41.5 Å². The van der Waals surface area contributed by atoms with E-state index in [-0.39, 0.29) is 0 Å². The topological polar surface area (TPSA) is 70.8 Å². The van der Waals surface area contributed by atoms with E-state index in [9.17, 15) is 0 Å². The van der Waals surface area contributed by atoms with Gasteiger partial charge in [-0.2, -0.15) is 0 Å². The molecule has 0 saturated carbocycles. The normalized spacial score (nSPS) is 17.4. The van der Waals surface area contributed by atoms with E-state index in [1.54, 1.807) is 7.11 Å². The predicted molar refractivity (Wildman–Crippen MR) is 120 cm³/mol. The molecule has 8 nitrogen and oxygen atoms in total. The maximum Gasteiger partial charge on any atom is 0.194 e. The van der Waals surface area contributed by atoms with Crippen molar-refractivity contribution >= 4 is 5.96 Å². The number of aryl methyl sites for hydroxylation is 1. The third-order valence-corrected chi connectivity index (χ3v) is 5.91. The summed E-state index contributed by atoms with van der Waals surface area (Å²) in [7, 11) is 5.79. The smallest absolute Gasteiger partial charge is 0.194 e. The first-order valence-electron chi connectivity index (χ1n) is 10.7. The van der Waals surface area contributed by atoms with Gasteiger partial charge in [0.15, 0.2) is 11.8 Å². The molecule has 2 aromatic rings. The Kier molecular flexibility index (Phi) is 7.68. The number of nitrogens with zero attached hydrogens (tertiary/aromatic N) is 6. The molecule has 2 heterocycles. The molecule has 0 aliphatic carbocycles. The Hall–Kier alpha value is -2.61. The van der Waals surface area contributed by atoms with Gasteiger partial charge >= 0.3 is 0 Å². The van der Waals surface area contributed by atoms with Crippen LogP contribution < -0.4 is 10.1 Å². The Morgan fingerprint density at radius 1 is 1.30 bits per heavy atom. The summed E-state index contributed by atoms with van der Waals surface area (Å²) in [5.41, 5.74) is 1.15. The zero-order valence-corrected chi connectivity index (χ0v) is 18.9. The van der Waals surface area contributed by atoms with Crippen molar-refractivity contribution in [2.75, 3.05) is 33.8 Å². The van der Waals surface area contributed by atoms with Crippen molar-refractivity contribution < 1.29 is 4.74 Å². The lowest BCUT2D eigenvalue weighted by Crippen LogP contribution is -2.46. The summed E-state index contributed by atoms with van der Waals surface area (Å²) in [6.45, 7) is 8.65. The summed E-state index contributed by atoms with van der Waals surface area (Å²) < 4.78 is 7.26. The summed E-state index contributed by atoms with van der Waals surface area (Å²) in [6, 6.07) is 8.64. The Morgan fingerprint density at radius 2 is 2.07 bits per heavy atom. The molecule has 1 aromatic heterocycles. The molecular formula is C22H35N7O. The molecule has 1 N–H and O–H groups in total. The van der Waals surface area contributed by atoms with Crippen LogP contribution >= 0.6 is 0 Å². The molecule has 1 saturated heterocycles. The second-order valence-electron chi connectivity index (χ2n) is 7.87. The number of methoxy groups -OCH3 is 1. The van der Waals surface area contributed by atoms with E-state index in [0.717, 1.165) is 42.0 Å². The largest absolute Gasteiger partial charge is 0.497 e. The minimum absolute atomic E-state index is 0.574. The van der Waals surface area contributed by atoms with Crippen LogP contribution in [0.3, 0.4) is 0 Å². The maximum atomic E-state index is 5.25. The number of guanidine groups is 1. The molecule has 3 rings (SSSR count).